The van der Waals surface area contributed by atoms with Gasteiger partial charge in [0.15, 0.2) is 6.04 Å². The third kappa shape index (κ3) is 4.40. The number of hydrogen-bond donors (Lipinski definition) is 2. The Kier molecular flexibility index (Phi) is 6.11. The molecule has 0 aliphatic rings. The highest BCUT2D eigenvalue weighted by Gasteiger charge is 2.21. The van der Waals surface area contributed by atoms with E-state index in [0.717, 1.165) is 5.75 Å². The lowest BCUT2D eigenvalue weighted by molar-refractivity contribution is -0.139. The summed E-state index contributed by atoms with van der Waals surface area (Å²) in [5.41, 5.74) is 0.288. The van der Waals surface area contributed by atoms with Gasteiger partial charge in [0.05, 0.1) is 5.56 Å². The van der Waals surface area contributed by atoms with Gasteiger partial charge in [0.1, 0.15) is 6.67 Å². The number of carbonyl (C=O) groups excluding carboxylic acids is 1. The Morgan fingerprint density at radius 3 is 2.74 bits per heavy atom. The minimum Gasteiger partial charge on any atom is -0.480 e. The van der Waals surface area contributed by atoms with Crippen molar-refractivity contribution in [3.63, 3.8) is 0 Å². The van der Waals surface area contributed by atoms with Crippen LogP contribution in [0, 0.1) is 0 Å². The van der Waals surface area contributed by atoms with E-state index in [4.69, 9.17) is 16.7 Å². The zero-order valence-electron chi connectivity index (χ0n) is 10.2. The van der Waals surface area contributed by atoms with Gasteiger partial charge in [-0.1, -0.05) is 18.5 Å². The van der Waals surface area contributed by atoms with Gasteiger partial charge in [-0.2, -0.15) is 0 Å². The fraction of sp³-hybridized carbons (Fsp3) is 0.333. The van der Waals surface area contributed by atoms with Crippen LogP contribution in [0.15, 0.2) is 23.1 Å². The van der Waals surface area contributed by atoms with E-state index < -0.39 is 24.6 Å². The molecule has 104 valence electrons. The maximum Gasteiger partial charge on any atom is 0.328 e. The lowest BCUT2D eigenvalue weighted by Gasteiger charge is -2.13. The average Bonchev–Trinajstić information content (AvgIpc) is 2.35. The van der Waals surface area contributed by atoms with E-state index in [1.54, 1.807) is 6.07 Å². The molecule has 7 heteroatoms. The first kappa shape index (κ1) is 15.8. The van der Waals surface area contributed by atoms with Gasteiger partial charge >= 0.3 is 5.97 Å². The number of nitrogens with one attached hydrogen (secondary N) is 1. The normalized spacial score (nSPS) is 11.9. The molecule has 0 heterocycles. The quantitative estimate of drug-likeness (QED) is 0.793. The highest BCUT2D eigenvalue weighted by atomic mass is 35.5. The SMILES string of the molecule is CCSc1cc(Cl)ccc1C(=O)NC(CF)C(=O)O. The number of alkyl halides is 1. The fourth-order valence-electron chi connectivity index (χ4n) is 1.36. The maximum absolute atomic E-state index is 12.5. The molecular weight excluding hydrogens is 293 g/mol. The largest absolute Gasteiger partial charge is 0.480 e. The van der Waals surface area contributed by atoms with Gasteiger partial charge in [-0.3, -0.25) is 4.79 Å². The topological polar surface area (TPSA) is 66.4 Å². The Bertz CT molecular complexity index is 484. The molecule has 0 saturated heterocycles. The number of carbonyl (C=O) groups is 2. The van der Waals surface area contributed by atoms with E-state index in [1.807, 2.05) is 6.92 Å². The lowest BCUT2D eigenvalue weighted by Crippen LogP contribution is -2.42. The molecule has 0 spiro atoms. The first-order chi connectivity index (χ1) is 8.99. The summed E-state index contributed by atoms with van der Waals surface area (Å²) in [5.74, 6) is -1.31. The molecule has 0 saturated carbocycles. The second-order valence-corrected chi connectivity index (χ2v) is 5.33. The summed E-state index contributed by atoms with van der Waals surface area (Å²) in [7, 11) is 0. The minimum absolute atomic E-state index is 0.288. The molecule has 19 heavy (non-hydrogen) atoms. The Morgan fingerprint density at radius 1 is 1.53 bits per heavy atom. The molecule has 1 amide bonds. The Balaban J connectivity index is 2.95. The second-order valence-electron chi connectivity index (χ2n) is 3.59. The molecule has 0 radical (unpaired) electrons. The molecule has 0 aliphatic carbocycles. The van der Waals surface area contributed by atoms with Crippen molar-refractivity contribution in [2.75, 3.05) is 12.4 Å². The van der Waals surface area contributed by atoms with E-state index in [1.165, 1.54) is 23.9 Å². The van der Waals surface area contributed by atoms with Crippen molar-refractivity contribution >= 4 is 35.2 Å². The maximum atomic E-state index is 12.5. The zero-order valence-corrected chi connectivity index (χ0v) is 11.7. The number of benzene rings is 1. The highest BCUT2D eigenvalue weighted by Crippen LogP contribution is 2.26. The molecule has 2 N–H and O–H groups in total. The summed E-state index contributed by atoms with van der Waals surface area (Å²) >= 11 is 7.24. The van der Waals surface area contributed by atoms with Crippen LogP contribution in [0.25, 0.3) is 0 Å². The van der Waals surface area contributed by atoms with Crippen LogP contribution in [-0.2, 0) is 4.79 Å². The molecule has 1 aromatic rings. The Morgan fingerprint density at radius 2 is 2.21 bits per heavy atom. The summed E-state index contributed by atoms with van der Waals surface area (Å²) in [6, 6.07) is 3.10. The predicted octanol–water partition coefficient (Wildman–Crippen LogP) is 2.60. The monoisotopic (exact) mass is 305 g/mol. The number of carboxylic acid groups (broad SMARTS) is 1. The summed E-state index contributed by atoms with van der Waals surface area (Å²) in [5, 5.41) is 11.3. The molecule has 4 nitrogen and oxygen atoms in total. The fourth-order valence-corrected chi connectivity index (χ4v) is 2.44. The smallest absolute Gasteiger partial charge is 0.328 e. The average molecular weight is 306 g/mol. The van der Waals surface area contributed by atoms with Crippen LogP contribution in [0.1, 0.15) is 17.3 Å². The van der Waals surface area contributed by atoms with Crippen molar-refractivity contribution in [1.29, 1.82) is 0 Å². The summed E-state index contributed by atoms with van der Waals surface area (Å²) in [6.07, 6.45) is 0. The first-order valence-corrected chi connectivity index (χ1v) is 6.88. The van der Waals surface area contributed by atoms with Gasteiger partial charge in [0.2, 0.25) is 0 Å². The molecule has 0 bridgehead atoms. The van der Waals surface area contributed by atoms with E-state index in [9.17, 15) is 14.0 Å². The number of amides is 1. The van der Waals surface area contributed by atoms with Gasteiger partial charge in [-0.05, 0) is 24.0 Å². The molecule has 1 atom stereocenters. The van der Waals surface area contributed by atoms with Crippen molar-refractivity contribution in [3.8, 4) is 0 Å². The summed E-state index contributed by atoms with van der Waals surface area (Å²) in [4.78, 5) is 23.2. The van der Waals surface area contributed by atoms with Crippen LogP contribution in [0.5, 0.6) is 0 Å². The Hall–Kier alpha value is -1.27. The van der Waals surface area contributed by atoms with Crippen molar-refractivity contribution in [3.05, 3.63) is 28.8 Å². The number of rotatable bonds is 6. The van der Waals surface area contributed by atoms with Gasteiger partial charge in [0.25, 0.3) is 5.91 Å². The van der Waals surface area contributed by atoms with Crippen LogP contribution >= 0.6 is 23.4 Å². The minimum atomic E-state index is -1.54. The summed E-state index contributed by atoms with van der Waals surface area (Å²) < 4.78 is 12.5. The third-order valence-corrected chi connectivity index (χ3v) is 3.42. The molecular formula is C12H13ClFNO3S. The van der Waals surface area contributed by atoms with Crippen molar-refractivity contribution in [1.82, 2.24) is 5.32 Å². The van der Waals surface area contributed by atoms with E-state index in [-0.39, 0.29) is 5.56 Å². The molecule has 1 rings (SSSR count). The van der Waals surface area contributed by atoms with Crippen molar-refractivity contribution in [2.45, 2.75) is 17.9 Å². The van der Waals surface area contributed by atoms with Crippen molar-refractivity contribution < 1.29 is 19.1 Å². The number of halogens is 2. The van der Waals surface area contributed by atoms with E-state index in [0.29, 0.717) is 9.92 Å². The van der Waals surface area contributed by atoms with Crippen LogP contribution < -0.4 is 5.32 Å². The van der Waals surface area contributed by atoms with E-state index >= 15 is 0 Å². The third-order valence-electron chi connectivity index (χ3n) is 2.25. The number of aliphatic carboxylic acids is 1. The van der Waals surface area contributed by atoms with Crippen LogP contribution in [0.4, 0.5) is 4.39 Å². The van der Waals surface area contributed by atoms with Gasteiger partial charge < -0.3 is 10.4 Å². The second kappa shape index (κ2) is 7.35. The molecule has 1 unspecified atom stereocenters. The van der Waals surface area contributed by atoms with Gasteiger partial charge in [-0.25, -0.2) is 9.18 Å². The van der Waals surface area contributed by atoms with Gasteiger partial charge in [-0.15, -0.1) is 11.8 Å². The van der Waals surface area contributed by atoms with E-state index in [2.05, 4.69) is 5.32 Å². The highest BCUT2D eigenvalue weighted by molar-refractivity contribution is 7.99. The molecule has 0 aliphatic heterocycles. The molecule has 1 aromatic carbocycles. The van der Waals surface area contributed by atoms with Gasteiger partial charge in [0, 0.05) is 9.92 Å². The molecule has 0 aromatic heterocycles. The first-order valence-electron chi connectivity index (χ1n) is 5.51. The number of carboxylic acids is 1. The van der Waals surface area contributed by atoms with Crippen LogP contribution in [0.2, 0.25) is 5.02 Å². The Labute approximate surface area is 119 Å². The lowest BCUT2D eigenvalue weighted by atomic mass is 10.2. The van der Waals surface area contributed by atoms with Crippen LogP contribution in [-0.4, -0.2) is 35.5 Å². The predicted molar refractivity (Wildman–Crippen MR) is 72.7 cm³/mol. The standard InChI is InChI=1S/C12H13ClFNO3S/c1-2-19-10-5-7(13)3-4-8(10)11(16)15-9(6-14)12(17)18/h3-5,9H,2,6H2,1H3,(H,15,16)(H,17,18). The molecule has 0 fully saturated rings. The number of thioether (sulfide) groups is 1. The number of hydrogen-bond acceptors (Lipinski definition) is 3. The van der Waals surface area contributed by atoms with Crippen molar-refractivity contribution in [2.24, 2.45) is 0 Å². The summed E-state index contributed by atoms with van der Waals surface area (Å²) in [6.45, 7) is 0.750. The van der Waals surface area contributed by atoms with Crippen LogP contribution in [0.3, 0.4) is 0 Å². The zero-order chi connectivity index (χ0) is 14.4.